The minimum Gasteiger partial charge on any atom is -0.451 e. The van der Waals surface area contributed by atoms with Crippen LogP contribution in [0.15, 0.2) is 40.8 Å². The molecule has 0 spiro atoms. The lowest BCUT2D eigenvalue weighted by atomic mass is 10.1. The summed E-state index contributed by atoms with van der Waals surface area (Å²) in [5.41, 5.74) is 2.10. The third-order valence-electron chi connectivity index (χ3n) is 4.19. The van der Waals surface area contributed by atoms with E-state index in [0.717, 1.165) is 29.2 Å². The minimum absolute atomic E-state index is 0.0366. The Morgan fingerprint density at radius 1 is 1.22 bits per heavy atom. The molecular weight excluding hydrogens is 366 g/mol. The number of aromatic nitrogens is 2. The van der Waals surface area contributed by atoms with Gasteiger partial charge in [0.05, 0.1) is 18.2 Å². The summed E-state index contributed by atoms with van der Waals surface area (Å²) in [5, 5.41) is 8.64. The molecule has 7 nitrogen and oxygen atoms in total. The molecule has 1 fully saturated rings. The number of morpholine rings is 1. The van der Waals surface area contributed by atoms with Crippen LogP contribution in [0.3, 0.4) is 0 Å². The van der Waals surface area contributed by atoms with Crippen LogP contribution < -0.4 is 4.90 Å². The minimum atomic E-state index is -0.396. The van der Waals surface area contributed by atoms with Gasteiger partial charge in [-0.3, -0.25) is 0 Å². The first-order valence-electron chi connectivity index (χ1n) is 8.69. The van der Waals surface area contributed by atoms with Crippen LogP contribution in [-0.4, -0.2) is 42.5 Å². The van der Waals surface area contributed by atoms with Crippen LogP contribution in [0, 0.1) is 6.92 Å². The van der Waals surface area contributed by atoms with Crippen molar-refractivity contribution in [1.82, 2.24) is 10.2 Å². The number of thiophene rings is 1. The molecule has 0 radical (unpaired) electrons. The molecule has 0 N–H and O–H groups in total. The average molecular weight is 385 g/mol. The number of ether oxygens (including phenoxy) is 2. The van der Waals surface area contributed by atoms with Crippen molar-refractivity contribution in [3.63, 3.8) is 0 Å². The molecule has 3 aromatic rings. The second kappa shape index (κ2) is 7.89. The Balaban J connectivity index is 1.59. The zero-order valence-electron chi connectivity index (χ0n) is 14.9. The molecule has 1 aliphatic rings. The zero-order chi connectivity index (χ0) is 18.6. The highest BCUT2D eigenvalue weighted by Gasteiger charge is 2.23. The molecule has 0 aliphatic carbocycles. The molecule has 1 saturated heterocycles. The molecule has 2 aromatic heterocycles. The van der Waals surface area contributed by atoms with Gasteiger partial charge in [0.1, 0.15) is 4.88 Å². The van der Waals surface area contributed by atoms with Crippen molar-refractivity contribution in [3.8, 4) is 11.1 Å². The monoisotopic (exact) mass is 385 g/mol. The Bertz CT molecular complexity index is 916. The van der Waals surface area contributed by atoms with Gasteiger partial charge in [-0.15, -0.1) is 21.5 Å². The number of carbonyl (C=O) groups is 1. The van der Waals surface area contributed by atoms with E-state index in [1.807, 2.05) is 36.4 Å². The van der Waals surface area contributed by atoms with Gasteiger partial charge < -0.3 is 18.8 Å². The van der Waals surface area contributed by atoms with E-state index in [1.165, 1.54) is 11.3 Å². The van der Waals surface area contributed by atoms with Gasteiger partial charge in [0, 0.05) is 25.6 Å². The predicted molar refractivity (Wildman–Crippen MR) is 101 cm³/mol. The van der Waals surface area contributed by atoms with Gasteiger partial charge in [0.15, 0.2) is 6.61 Å². The van der Waals surface area contributed by atoms with Crippen molar-refractivity contribution in [1.29, 1.82) is 0 Å². The number of rotatable bonds is 5. The summed E-state index contributed by atoms with van der Waals surface area (Å²) in [4.78, 5) is 15.4. The first-order valence-corrected chi connectivity index (χ1v) is 9.50. The number of aryl methyl sites for hydroxylation is 1. The molecule has 0 saturated carbocycles. The fourth-order valence-electron chi connectivity index (χ4n) is 2.90. The van der Waals surface area contributed by atoms with Crippen LogP contribution in [0.4, 0.5) is 5.00 Å². The van der Waals surface area contributed by atoms with E-state index < -0.39 is 5.97 Å². The molecule has 0 unspecified atom stereocenters. The van der Waals surface area contributed by atoms with E-state index in [4.69, 9.17) is 13.9 Å². The zero-order valence-corrected chi connectivity index (χ0v) is 15.7. The number of anilines is 1. The lowest BCUT2D eigenvalue weighted by Gasteiger charge is -2.28. The Labute approximate surface area is 160 Å². The highest BCUT2D eigenvalue weighted by Crippen LogP contribution is 2.39. The summed E-state index contributed by atoms with van der Waals surface area (Å²) >= 11 is 1.44. The van der Waals surface area contributed by atoms with Gasteiger partial charge in [0.2, 0.25) is 5.89 Å². The van der Waals surface area contributed by atoms with Crippen LogP contribution in [0.1, 0.15) is 21.5 Å². The third kappa shape index (κ3) is 4.01. The lowest BCUT2D eigenvalue weighted by Crippen LogP contribution is -2.35. The van der Waals surface area contributed by atoms with Gasteiger partial charge >= 0.3 is 5.97 Å². The molecule has 0 amide bonds. The molecule has 140 valence electrons. The SMILES string of the molecule is Cc1nnc(COC(=O)c2cc(-c3ccccc3)c(N3CCOCC3)s2)o1. The van der Waals surface area contributed by atoms with Gasteiger partial charge in [-0.25, -0.2) is 4.79 Å². The van der Waals surface area contributed by atoms with Crippen molar-refractivity contribution in [2.45, 2.75) is 13.5 Å². The van der Waals surface area contributed by atoms with Gasteiger partial charge in [-0.2, -0.15) is 0 Å². The highest BCUT2D eigenvalue weighted by atomic mass is 32.1. The van der Waals surface area contributed by atoms with Gasteiger partial charge in [0.25, 0.3) is 5.89 Å². The van der Waals surface area contributed by atoms with Crippen molar-refractivity contribution >= 4 is 22.3 Å². The maximum Gasteiger partial charge on any atom is 0.348 e. The second-order valence-electron chi connectivity index (χ2n) is 6.09. The number of hydrogen-bond acceptors (Lipinski definition) is 8. The topological polar surface area (TPSA) is 77.7 Å². The first kappa shape index (κ1) is 17.7. The lowest BCUT2D eigenvalue weighted by molar-refractivity contribution is 0.0442. The molecule has 8 heteroatoms. The van der Waals surface area contributed by atoms with Crippen molar-refractivity contribution < 1.29 is 18.7 Å². The molecule has 1 aliphatic heterocycles. The van der Waals surface area contributed by atoms with E-state index in [9.17, 15) is 4.79 Å². The Hall–Kier alpha value is -2.71. The largest absolute Gasteiger partial charge is 0.451 e. The fourth-order valence-corrected chi connectivity index (χ4v) is 4.03. The predicted octanol–water partition coefficient (Wildman–Crippen LogP) is 3.30. The molecule has 1 aromatic carbocycles. The van der Waals surface area contributed by atoms with E-state index in [-0.39, 0.29) is 12.5 Å². The van der Waals surface area contributed by atoms with Crippen molar-refractivity contribution in [2.24, 2.45) is 0 Å². The molecule has 3 heterocycles. The maximum atomic E-state index is 12.6. The number of esters is 1. The van der Waals surface area contributed by atoms with Crippen LogP contribution in [0.5, 0.6) is 0 Å². The van der Waals surface area contributed by atoms with Gasteiger partial charge in [-0.05, 0) is 11.6 Å². The maximum absolute atomic E-state index is 12.6. The molecular formula is C19H19N3O4S. The standard InChI is InChI=1S/C19H19N3O4S/c1-13-20-21-17(26-13)12-25-19(23)16-11-15(14-5-3-2-4-6-14)18(27-16)22-7-9-24-10-8-22/h2-6,11H,7-10,12H2,1H3. The number of hydrogen-bond donors (Lipinski definition) is 0. The molecule has 27 heavy (non-hydrogen) atoms. The Kier molecular flexibility index (Phi) is 5.17. The van der Waals surface area contributed by atoms with E-state index >= 15 is 0 Å². The van der Waals surface area contributed by atoms with E-state index in [2.05, 4.69) is 15.1 Å². The molecule has 0 atom stereocenters. The highest BCUT2D eigenvalue weighted by molar-refractivity contribution is 7.18. The number of carbonyl (C=O) groups excluding carboxylic acids is 1. The number of benzene rings is 1. The summed E-state index contributed by atoms with van der Waals surface area (Å²) < 4.78 is 16.1. The summed E-state index contributed by atoms with van der Waals surface area (Å²) in [7, 11) is 0. The quantitative estimate of drug-likeness (QED) is 0.624. The average Bonchev–Trinajstić information content (AvgIpc) is 3.34. The van der Waals surface area contributed by atoms with Crippen LogP contribution in [-0.2, 0) is 16.1 Å². The molecule has 4 rings (SSSR count). The normalized spacial score (nSPS) is 14.3. The first-order chi connectivity index (χ1) is 13.2. The number of nitrogens with zero attached hydrogens (tertiary/aromatic N) is 3. The third-order valence-corrected chi connectivity index (χ3v) is 5.37. The van der Waals surface area contributed by atoms with Crippen LogP contribution in [0.2, 0.25) is 0 Å². The summed E-state index contributed by atoms with van der Waals surface area (Å²) in [6.45, 7) is 4.63. The summed E-state index contributed by atoms with van der Waals surface area (Å²) in [6, 6.07) is 11.9. The Morgan fingerprint density at radius 3 is 2.70 bits per heavy atom. The van der Waals surface area contributed by atoms with Gasteiger partial charge in [-0.1, -0.05) is 30.3 Å². The van der Waals surface area contributed by atoms with Crippen LogP contribution >= 0.6 is 11.3 Å². The van der Waals surface area contributed by atoms with Crippen molar-refractivity contribution in [2.75, 3.05) is 31.2 Å². The van der Waals surface area contributed by atoms with E-state index in [1.54, 1.807) is 6.92 Å². The molecule has 0 bridgehead atoms. The second-order valence-corrected chi connectivity index (χ2v) is 7.12. The fraction of sp³-hybridized carbons (Fsp3) is 0.316. The van der Waals surface area contributed by atoms with E-state index in [0.29, 0.717) is 24.0 Å². The summed E-state index contributed by atoms with van der Waals surface area (Å²) in [6.07, 6.45) is 0. The summed E-state index contributed by atoms with van der Waals surface area (Å²) in [5.74, 6) is 0.333. The Morgan fingerprint density at radius 2 is 2.00 bits per heavy atom. The smallest absolute Gasteiger partial charge is 0.348 e. The van der Waals surface area contributed by atoms with Crippen LogP contribution in [0.25, 0.3) is 11.1 Å². The van der Waals surface area contributed by atoms with Crippen molar-refractivity contribution in [3.05, 3.63) is 53.1 Å².